The molecule has 1 amide bonds. The number of carboxylic acid groups (broad SMARTS) is 1. The first-order chi connectivity index (χ1) is 19.3. The number of aliphatic carboxylic acids is 1. The van der Waals surface area contributed by atoms with Crippen molar-refractivity contribution < 1.29 is 55.6 Å². The molecule has 41 heavy (non-hydrogen) atoms. The molecule has 0 radical (unpaired) electrons. The van der Waals surface area contributed by atoms with Gasteiger partial charge in [0.25, 0.3) is 0 Å². The molecule has 6 rings (SSSR count). The van der Waals surface area contributed by atoms with Gasteiger partial charge in [-0.25, -0.2) is 0 Å². The van der Waals surface area contributed by atoms with E-state index in [-0.39, 0.29) is 29.1 Å². The van der Waals surface area contributed by atoms with E-state index in [1.54, 1.807) is 6.07 Å². The second-order valence-electron chi connectivity index (χ2n) is 11.0. The zero-order valence-corrected chi connectivity index (χ0v) is 21.5. The molecule has 13 heteroatoms. The standard InChI is InChI=1S/C28H26F5NO7/c29-27(30,31)39-17-6-7-18-19(13-21(38-22(18)12-17)14-1-3-15(4-2-14)24(35)36)34-25(37)26(9-10-26)16-5-8-20-23(11-16)41-28(32,33)40-20/h5-8,11-12,14-15,19,21H,1-4,9-10,13H2,(H,34,37)(H,35,36)/t14-,15-,19-,21-/m1/s1. The molecule has 4 aliphatic rings. The molecule has 0 spiro atoms. The van der Waals surface area contributed by atoms with Crippen molar-refractivity contribution in [3.63, 3.8) is 0 Å². The number of alkyl halides is 5. The molecule has 2 fully saturated rings. The molecule has 0 unspecified atom stereocenters. The summed E-state index contributed by atoms with van der Waals surface area (Å²) >= 11 is 0. The fourth-order valence-corrected chi connectivity index (χ4v) is 6.15. The predicted octanol–water partition coefficient (Wildman–Crippen LogP) is 5.84. The van der Waals surface area contributed by atoms with Crippen molar-refractivity contribution in [3.8, 4) is 23.0 Å². The van der Waals surface area contributed by atoms with Crippen molar-refractivity contribution >= 4 is 11.9 Å². The third kappa shape index (κ3) is 5.45. The minimum atomic E-state index is -4.90. The van der Waals surface area contributed by atoms with Crippen LogP contribution in [0.5, 0.6) is 23.0 Å². The number of benzene rings is 2. The first kappa shape index (κ1) is 27.4. The van der Waals surface area contributed by atoms with E-state index in [0.29, 0.717) is 56.1 Å². The van der Waals surface area contributed by atoms with E-state index in [1.807, 2.05) is 0 Å². The van der Waals surface area contributed by atoms with Gasteiger partial charge in [-0.15, -0.1) is 22.0 Å². The molecular weight excluding hydrogens is 557 g/mol. The summed E-state index contributed by atoms with van der Waals surface area (Å²) in [6.45, 7) is 0. The van der Waals surface area contributed by atoms with E-state index in [9.17, 15) is 36.6 Å². The van der Waals surface area contributed by atoms with Gasteiger partial charge in [0.2, 0.25) is 5.91 Å². The lowest BCUT2D eigenvalue weighted by atomic mass is 9.77. The van der Waals surface area contributed by atoms with Crippen molar-refractivity contribution in [1.29, 1.82) is 0 Å². The number of amides is 1. The number of halogens is 5. The van der Waals surface area contributed by atoms with Gasteiger partial charge in [0, 0.05) is 18.1 Å². The molecule has 0 saturated heterocycles. The van der Waals surface area contributed by atoms with Crippen LogP contribution in [0.4, 0.5) is 22.0 Å². The molecule has 2 aliphatic heterocycles. The van der Waals surface area contributed by atoms with E-state index in [0.717, 1.165) is 12.1 Å². The van der Waals surface area contributed by atoms with Gasteiger partial charge in [0.15, 0.2) is 11.5 Å². The van der Waals surface area contributed by atoms with E-state index in [2.05, 4.69) is 19.5 Å². The Balaban J connectivity index is 1.24. The zero-order valence-electron chi connectivity index (χ0n) is 21.5. The van der Waals surface area contributed by atoms with Crippen molar-refractivity contribution in [2.75, 3.05) is 0 Å². The van der Waals surface area contributed by atoms with Crippen LogP contribution in [0.25, 0.3) is 0 Å². The smallest absolute Gasteiger partial charge is 0.490 e. The normalized spacial score (nSPS) is 27.2. The highest BCUT2D eigenvalue weighted by molar-refractivity contribution is 5.92. The van der Waals surface area contributed by atoms with Crippen LogP contribution in [0.3, 0.4) is 0 Å². The maximum atomic E-state index is 13.7. The summed E-state index contributed by atoms with van der Waals surface area (Å²) in [5.74, 6) is -2.36. The molecule has 2 N–H and O–H groups in total. The van der Waals surface area contributed by atoms with Crippen LogP contribution in [0.15, 0.2) is 36.4 Å². The summed E-state index contributed by atoms with van der Waals surface area (Å²) in [6, 6.07) is 7.32. The van der Waals surface area contributed by atoms with Gasteiger partial charge in [-0.3, -0.25) is 9.59 Å². The summed E-state index contributed by atoms with van der Waals surface area (Å²) in [5, 5.41) is 12.4. The number of hydrogen-bond donors (Lipinski definition) is 2. The Bertz CT molecular complexity index is 1370. The summed E-state index contributed by atoms with van der Waals surface area (Å²) in [4.78, 5) is 25.1. The van der Waals surface area contributed by atoms with Crippen molar-refractivity contribution in [1.82, 2.24) is 5.32 Å². The van der Waals surface area contributed by atoms with Crippen LogP contribution in [-0.2, 0) is 15.0 Å². The highest BCUT2D eigenvalue weighted by Gasteiger charge is 2.53. The van der Waals surface area contributed by atoms with Crippen LogP contribution in [0, 0.1) is 11.8 Å². The van der Waals surface area contributed by atoms with Gasteiger partial charge >= 0.3 is 18.6 Å². The maximum absolute atomic E-state index is 13.7. The van der Waals surface area contributed by atoms with Gasteiger partial charge in [0.05, 0.1) is 17.4 Å². The summed E-state index contributed by atoms with van der Waals surface area (Å²) < 4.78 is 84.9. The Kier molecular flexibility index (Phi) is 6.46. The quantitative estimate of drug-likeness (QED) is 0.412. The minimum absolute atomic E-state index is 0.0595. The second-order valence-corrected chi connectivity index (χ2v) is 11.0. The number of hydrogen-bond acceptors (Lipinski definition) is 6. The molecule has 2 aromatic rings. The first-order valence-electron chi connectivity index (χ1n) is 13.3. The average Bonchev–Trinajstić information content (AvgIpc) is 3.64. The highest BCUT2D eigenvalue weighted by Crippen LogP contribution is 2.53. The molecule has 2 aliphatic carbocycles. The molecule has 2 atom stereocenters. The molecule has 220 valence electrons. The van der Waals surface area contributed by atoms with Crippen LogP contribution >= 0.6 is 0 Å². The zero-order chi connectivity index (χ0) is 29.2. The topological polar surface area (TPSA) is 103 Å². The Morgan fingerprint density at radius 1 is 0.951 bits per heavy atom. The van der Waals surface area contributed by atoms with Gasteiger partial charge in [0.1, 0.15) is 17.6 Å². The van der Waals surface area contributed by atoms with E-state index >= 15 is 0 Å². The molecule has 2 heterocycles. The Hall–Kier alpha value is -3.77. The van der Waals surface area contributed by atoms with Gasteiger partial charge < -0.3 is 29.4 Å². The number of ether oxygens (including phenoxy) is 4. The Labute approximate surface area is 230 Å². The third-order valence-electron chi connectivity index (χ3n) is 8.43. The Morgan fingerprint density at radius 3 is 2.32 bits per heavy atom. The average molecular weight is 584 g/mol. The van der Waals surface area contributed by atoms with Gasteiger partial charge in [-0.05, 0) is 74.3 Å². The summed E-state index contributed by atoms with van der Waals surface area (Å²) in [7, 11) is 0. The van der Waals surface area contributed by atoms with Crippen molar-refractivity contribution in [3.05, 3.63) is 47.5 Å². The fourth-order valence-electron chi connectivity index (χ4n) is 6.15. The third-order valence-corrected chi connectivity index (χ3v) is 8.43. The molecule has 2 aromatic carbocycles. The van der Waals surface area contributed by atoms with Crippen LogP contribution in [-0.4, -0.2) is 35.7 Å². The molecule has 8 nitrogen and oxygen atoms in total. The summed E-state index contributed by atoms with van der Waals surface area (Å²) in [5.41, 5.74) is -0.0207. The SMILES string of the molecule is O=C(N[C@@H]1C[C@H]([C@H]2CC[C@H](C(=O)O)CC2)Oc2cc(OC(F)(F)F)ccc21)C1(c2ccc3c(c2)OC(F)(F)O3)CC1. The lowest BCUT2D eigenvalue weighted by Gasteiger charge is -2.39. The van der Waals surface area contributed by atoms with Crippen molar-refractivity contribution in [2.24, 2.45) is 11.8 Å². The highest BCUT2D eigenvalue weighted by atomic mass is 19.4. The van der Waals surface area contributed by atoms with Crippen molar-refractivity contribution in [2.45, 2.75) is 75.2 Å². The predicted molar refractivity (Wildman–Crippen MR) is 130 cm³/mol. The lowest BCUT2D eigenvalue weighted by Crippen LogP contribution is -2.43. The van der Waals surface area contributed by atoms with E-state index < -0.39 is 47.9 Å². The monoisotopic (exact) mass is 583 g/mol. The number of carbonyl (C=O) groups excluding carboxylic acids is 1. The molecular formula is C28H26F5NO7. The van der Waals surface area contributed by atoms with Gasteiger partial charge in [-0.2, -0.15) is 0 Å². The number of fused-ring (bicyclic) bond motifs is 2. The van der Waals surface area contributed by atoms with E-state index in [4.69, 9.17) is 4.74 Å². The first-order valence-corrected chi connectivity index (χ1v) is 13.3. The number of carboxylic acids is 1. The minimum Gasteiger partial charge on any atom is -0.490 e. The number of carbonyl (C=O) groups is 2. The number of nitrogens with one attached hydrogen (secondary N) is 1. The lowest BCUT2D eigenvalue weighted by molar-refractivity contribution is -0.286. The Morgan fingerprint density at radius 2 is 1.66 bits per heavy atom. The molecule has 0 aromatic heterocycles. The maximum Gasteiger partial charge on any atom is 0.586 e. The van der Waals surface area contributed by atoms with E-state index in [1.165, 1.54) is 18.2 Å². The van der Waals surface area contributed by atoms with Crippen LogP contribution in [0.2, 0.25) is 0 Å². The largest absolute Gasteiger partial charge is 0.586 e. The van der Waals surface area contributed by atoms with Crippen LogP contribution in [0.1, 0.15) is 62.1 Å². The second kappa shape index (κ2) is 9.66. The van der Waals surface area contributed by atoms with Crippen LogP contribution < -0.4 is 24.3 Å². The molecule has 0 bridgehead atoms. The molecule has 2 saturated carbocycles. The number of rotatable bonds is 6. The summed E-state index contributed by atoms with van der Waals surface area (Å²) in [6.07, 6.45) is -5.91. The fraction of sp³-hybridized carbons (Fsp3) is 0.500. The van der Waals surface area contributed by atoms with Gasteiger partial charge in [-0.1, -0.05) is 6.07 Å².